The number of nitrogens with zero attached hydrogens (tertiary/aromatic N) is 1. The van der Waals surface area contributed by atoms with Gasteiger partial charge in [0, 0.05) is 17.4 Å². The number of carbonyl (C=O) groups excluding carboxylic acids is 1. The summed E-state index contributed by atoms with van der Waals surface area (Å²) in [6, 6.07) is 7.80. The molecule has 0 saturated heterocycles. The van der Waals surface area contributed by atoms with Crippen LogP contribution in [0.3, 0.4) is 0 Å². The molecule has 3 nitrogen and oxygen atoms in total. The van der Waals surface area contributed by atoms with E-state index in [0.29, 0.717) is 0 Å². The fourth-order valence-corrected chi connectivity index (χ4v) is 1.91. The molecule has 0 radical (unpaired) electrons. The lowest BCUT2D eigenvalue weighted by molar-refractivity contribution is 0.0921. The molecule has 2 aromatic rings. The molecule has 0 fully saturated rings. The Balaban J connectivity index is 0.000000861. The normalized spacial score (nSPS) is 10.8. The monoisotopic (exact) mass is 260 g/mol. The van der Waals surface area contributed by atoms with Gasteiger partial charge < -0.3 is 9.72 Å². The van der Waals surface area contributed by atoms with E-state index in [0.717, 1.165) is 16.8 Å². The Morgan fingerprint density at radius 2 is 1.84 bits per heavy atom. The molecule has 2 rings (SSSR count). The quantitative estimate of drug-likeness (QED) is 0.831. The van der Waals surface area contributed by atoms with Crippen LogP contribution in [0.1, 0.15) is 50.7 Å². The number of hydrogen-bond acceptors (Lipinski definition) is 1. The molecule has 0 saturated carbocycles. The average Bonchev–Trinajstić information content (AvgIpc) is 2.68. The molecule has 0 aliphatic carbocycles. The predicted octanol–water partition coefficient (Wildman–Crippen LogP) is 3.80. The van der Waals surface area contributed by atoms with E-state index in [4.69, 9.17) is 0 Å². The van der Waals surface area contributed by atoms with Crippen molar-refractivity contribution in [1.82, 2.24) is 9.72 Å². The van der Waals surface area contributed by atoms with Crippen LogP contribution in [-0.2, 0) is 0 Å². The Morgan fingerprint density at radius 1 is 1.21 bits per heavy atom. The molecule has 0 spiro atoms. The number of fused-ring (bicyclic) bond motifs is 1. The predicted molar refractivity (Wildman–Crippen MR) is 80.7 cm³/mol. The van der Waals surface area contributed by atoms with Crippen molar-refractivity contribution in [3.63, 3.8) is 0 Å². The van der Waals surface area contributed by atoms with Gasteiger partial charge in [-0.3, -0.25) is 4.79 Å². The van der Waals surface area contributed by atoms with Gasteiger partial charge in [-0.1, -0.05) is 19.9 Å². The molecule has 3 heteroatoms. The number of amides is 1. The Labute approximate surface area is 115 Å². The minimum Gasteiger partial charge on any atom is -0.347 e. The summed E-state index contributed by atoms with van der Waals surface area (Å²) in [5, 5.41) is 2.99. The van der Waals surface area contributed by atoms with Gasteiger partial charge in [0.25, 0.3) is 5.91 Å². The highest BCUT2D eigenvalue weighted by Gasteiger charge is 2.18. The van der Waals surface area contributed by atoms with Crippen LogP contribution in [0.25, 0.3) is 5.52 Å². The first-order valence-electron chi connectivity index (χ1n) is 6.78. The number of carbonyl (C=O) groups is 1. The molecule has 2 heterocycles. The zero-order chi connectivity index (χ0) is 14.6. The van der Waals surface area contributed by atoms with Gasteiger partial charge in [0.05, 0.1) is 11.1 Å². The molecule has 0 aromatic carbocycles. The van der Waals surface area contributed by atoms with E-state index in [1.54, 1.807) is 0 Å². The topological polar surface area (TPSA) is 33.5 Å². The molecule has 2 aromatic heterocycles. The summed E-state index contributed by atoms with van der Waals surface area (Å²) in [6.07, 6.45) is 1.97. The van der Waals surface area contributed by atoms with Crippen molar-refractivity contribution >= 4 is 11.4 Å². The molecule has 0 atom stereocenters. The molecule has 1 N–H and O–H groups in total. The third-order valence-corrected chi connectivity index (χ3v) is 2.60. The number of nitrogens with one attached hydrogen (secondary N) is 1. The Hall–Kier alpha value is -1.77. The molecule has 0 aliphatic heterocycles. The highest BCUT2D eigenvalue weighted by Crippen LogP contribution is 2.17. The first kappa shape index (κ1) is 15.3. The van der Waals surface area contributed by atoms with Gasteiger partial charge in [0.1, 0.15) is 0 Å². The van der Waals surface area contributed by atoms with Crippen molar-refractivity contribution < 1.29 is 4.79 Å². The van der Waals surface area contributed by atoms with Crippen molar-refractivity contribution in [2.24, 2.45) is 0 Å². The van der Waals surface area contributed by atoms with Crippen LogP contribution in [0.5, 0.6) is 0 Å². The van der Waals surface area contributed by atoms with Gasteiger partial charge in [-0.15, -0.1) is 0 Å². The minimum absolute atomic E-state index is 0.0192. The zero-order valence-electron chi connectivity index (χ0n) is 12.7. The van der Waals surface area contributed by atoms with Crippen molar-refractivity contribution in [2.45, 2.75) is 47.1 Å². The molecular formula is C16H24N2O. The smallest absolute Gasteiger partial charge is 0.253 e. The number of aromatic nitrogens is 1. The van der Waals surface area contributed by atoms with Crippen molar-refractivity contribution in [3.8, 4) is 0 Å². The minimum atomic E-state index is -0.214. The highest BCUT2D eigenvalue weighted by atomic mass is 16.1. The van der Waals surface area contributed by atoms with E-state index in [-0.39, 0.29) is 11.4 Å². The lowest BCUT2D eigenvalue weighted by Gasteiger charge is -2.20. The van der Waals surface area contributed by atoms with Crippen LogP contribution in [-0.4, -0.2) is 15.8 Å². The molecule has 0 aliphatic rings. The summed E-state index contributed by atoms with van der Waals surface area (Å²) < 4.78 is 2.03. The van der Waals surface area contributed by atoms with Gasteiger partial charge in [-0.05, 0) is 45.9 Å². The highest BCUT2D eigenvalue weighted by molar-refractivity contribution is 6.01. The second-order valence-corrected chi connectivity index (χ2v) is 5.36. The van der Waals surface area contributed by atoms with E-state index in [1.807, 2.05) is 76.4 Å². The van der Waals surface area contributed by atoms with Crippen LogP contribution >= 0.6 is 0 Å². The standard InChI is InChI=1S/C14H18N2O.C2H6/c1-10-9-11(13(17)15-14(2,3)4)12-7-5-6-8-16(10)12;1-2/h5-9H,1-4H3,(H,15,17);1-2H3. The largest absolute Gasteiger partial charge is 0.347 e. The first-order chi connectivity index (χ1) is 8.88. The molecular weight excluding hydrogens is 236 g/mol. The van der Waals surface area contributed by atoms with Gasteiger partial charge in [-0.25, -0.2) is 0 Å². The molecule has 104 valence electrons. The molecule has 0 unspecified atom stereocenters. The maximum absolute atomic E-state index is 12.2. The summed E-state index contributed by atoms with van der Waals surface area (Å²) in [7, 11) is 0. The lowest BCUT2D eigenvalue weighted by Crippen LogP contribution is -2.40. The van der Waals surface area contributed by atoms with Crippen molar-refractivity contribution in [3.05, 3.63) is 41.7 Å². The number of pyridine rings is 1. The first-order valence-corrected chi connectivity index (χ1v) is 6.78. The van der Waals surface area contributed by atoms with Crippen LogP contribution < -0.4 is 5.32 Å². The zero-order valence-corrected chi connectivity index (χ0v) is 12.7. The van der Waals surface area contributed by atoms with E-state index < -0.39 is 0 Å². The third kappa shape index (κ3) is 3.60. The van der Waals surface area contributed by atoms with Crippen molar-refractivity contribution in [1.29, 1.82) is 0 Å². The number of aryl methyl sites for hydroxylation is 1. The fourth-order valence-electron chi connectivity index (χ4n) is 1.91. The van der Waals surface area contributed by atoms with Crippen molar-refractivity contribution in [2.75, 3.05) is 0 Å². The maximum Gasteiger partial charge on any atom is 0.253 e. The van der Waals surface area contributed by atoms with Crippen LogP contribution in [0.4, 0.5) is 0 Å². The Kier molecular flexibility index (Phi) is 4.76. The van der Waals surface area contributed by atoms with E-state index >= 15 is 0 Å². The second-order valence-electron chi connectivity index (χ2n) is 5.36. The van der Waals surface area contributed by atoms with Gasteiger partial charge in [-0.2, -0.15) is 0 Å². The van der Waals surface area contributed by atoms with E-state index in [9.17, 15) is 4.79 Å². The molecule has 0 bridgehead atoms. The second kappa shape index (κ2) is 5.91. The van der Waals surface area contributed by atoms with Gasteiger partial charge in [0.15, 0.2) is 0 Å². The SMILES string of the molecule is CC.Cc1cc(C(=O)NC(C)(C)C)c2ccccn12. The summed E-state index contributed by atoms with van der Waals surface area (Å²) in [5.74, 6) is -0.0192. The summed E-state index contributed by atoms with van der Waals surface area (Å²) in [6.45, 7) is 11.9. The third-order valence-electron chi connectivity index (χ3n) is 2.60. The van der Waals surface area contributed by atoms with Crippen LogP contribution in [0.2, 0.25) is 0 Å². The average molecular weight is 260 g/mol. The Bertz CT molecular complexity index is 562. The Morgan fingerprint density at radius 3 is 2.42 bits per heavy atom. The molecule has 1 amide bonds. The summed E-state index contributed by atoms with van der Waals surface area (Å²) in [5.41, 5.74) is 2.54. The number of hydrogen-bond donors (Lipinski definition) is 1. The van der Waals surface area contributed by atoms with Crippen LogP contribution in [0.15, 0.2) is 30.5 Å². The van der Waals surface area contributed by atoms with Gasteiger partial charge >= 0.3 is 0 Å². The number of rotatable bonds is 1. The summed E-state index contributed by atoms with van der Waals surface area (Å²) >= 11 is 0. The summed E-state index contributed by atoms with van der Waals surface area (Å²) in [4.78, 5) is 12.2. The maximum atomic E-state index is 12.2. The van der Waals surface area contributed by atoms with Crippen LogP contribution in [0, 0.1) is 6.92 Å². The fraction of sp³-hybridized carbons (Fsp3) is 0.438. The van der Waals surface area contributed by atoms with E-state index in [2.05, 4.69) is 5.32 Å². The lowest BCUT2D eigenvalue weighted by atomic mass is 10.1. The van der Waals surface area contributed by atoms with Gasteiger partial charge in [0.2, 0.25) is 0 Å². The van der Waals surface area contributed by atoms with E-state index in [1.165, 1.54) is 0 Å². The molecule has 19 heavy (non-hydrogen) atoms.